The number of carboxylic acid groups (broad SMARTS) is 1. The number of fused-ring (bicyclic) bond motifs is 1. The van der Waals surface area contributed by atoms with Crippen molar-refractivity contribution >= 4 is 17.0 Å². The lowest BCUT2D eigenvalue weighted by Crippen LogP contribution is -2.22. The number of hydrogen-bond donors (Lipinski definition) is 2. The van der Waals surface area contributed by atoms with E-state index in [1.54, 1.807) is 12.1 Å². The molecular weight excluding hydrogens is 236 g/mol. The normalized spacial score (nSPS) is 20.1. The van der Waals surface area contributed by atoms with Gasteiger partial charge in [-0.1, -0.05) is 0 Å². The van der Waals surface area contributed by atoms with Crippen molar-refractivity contribution in [3.05, 3.63) is 29.6 Å². The number of rotatable bonds is 2. The van der Waals surface area contributed by atoms with Crippen LogP contribution in [0.5, 0.6) is 0 Å². The molecule has 0 aliphatic carbocycles. The number of aromatic nitrogens is 2. The van der Waals surface area contributed by atoms with Gasteiger partial charge in [0.15, 0.2) is 0 Å². The molecule has 0 radical (unpaired) electrons. The summed E-state index contributed by atoms with van der Waals surface area (Å²) < 4.78 is 10.9. The van der Waals surface area contributed by atoms with Crippen LogP contribution in [0.2, 0.25) is 0 Å². The van der Waals surface area contributed by atoms with Gasteiger partial charge in [0.25, 0.3) is 0 Å². The molecule has 1 saturated heterocycles. The Kier molecular flexibility index (Phi) is 2.73. The molecule has 2 aromatic rings. The van der Waals surface area contributed by atoms with Crippen molar-refractivity contribution in [2.75, 3.05) is 19.8 Å². The number of ether oxygens (including phenoxy) is 2. The topological polar surface area (TPSA) is 84.4 Å². The third-order valence-corrected chi connectivity index (χ3v) is 2.87. The fraction of sp³-hybridized carbons (Fsp3) is 0.333. The molecule has 6 heteroatoms. The minimum atomic E-state index is -0.953. The van der Waals surface area contributed by atoms with Gasteiger partial charge in [-0.3, -0.25) is 0 Å². The largest absolute Gasteiger partial charge is 0.478 e. The highest BCUT2D eigenvalue weighted by Gasteiger charge is 2.20. The monoisotopic (exact) mass is 248 g/mol. The van der Waals surface area contributed by atoms with Gasteiger partial charge in [-0.05, 0) is 18.2 Å². The van der Waals surface area contributed by atoms with Crippen molar-refractivity contribution in [3.8, 4) is 0 Å². The fourth-order valence-corrected chi connectivity index (χ4v) is 1.96. The molecule has 2 N–H and O–H groups in total. The molecule has 2 heterocycles. The van der Waals surface area contributed by atoms with Gasteiger partial charge in [0.05, 0.1) is 36.4 Å². The van der Waals surface area contributed by atoms with Crippen LogP contribution in [0.25, 0.3) is 11.0 Å². The van der Waals surface area contributed by atoms with Crippen molar-refractivity contribution in [2.45, 2.75) is 6.10 Å². The van der Waals surface area contributed by atoms with Gasteiger partial charge in [0, 0.05) is 0 Å². The Morgan fingerprint density at radius 1 is 1.44 bits per heavy atom. The summed E-state index contributed by atoms with van der Waals surface area (Å²) in [7, 11) is 0. The first-order valence-corrected chi connectivity index (χ1v) is 5.66. The number of benzene rings is 1. The summed E-state index contributed by atoms with van der Waals surface area (Å²) in [5.74, 6) is -0.280. The minimum Gasteiger partial charge on any atom is -0.478 e. The Morgan fingerprint density at radius 3 is 3.06 bits per heavy atom. The van der Waals surface area contributed by atoms with E-state index in [4.69, 9.17) is 14.6 Å². The van der Waals surface area contributed by atoms with E-state index in [0.717, 1.165) is 5.52 Å². The summed E-state index contributed by atoms with van der Waals surface area (Å²) in [4.78, 5) is 18.3. The highest BCUT2D eigenvalue weighted by molar-refractivity contribution is 5.92. The van der Waals surface area contributed by atoms with E-state index in [1.807, 2.05) is 0 Å². The van der Waals surface area contributed by atoms with E-state index in [9.17, 15) is 4.79 Å². The van der Waals surface area contributed by atoms with Crippen LogP contribution in [-0.4, -0.2) is 40.9 Å². The Morgan fingerprint density at radius 2 is 2.33 bits per heavy atom. The second-order valence-electron chi connectivity index (χ2n) is 4.09. The number of aromatic carboxylic acids is 1. The molecule has 1 aliphatic rings. The molecule has 1 aromatic carbocycles. The van der Waals surface area contributed by atoms with Crippen molar-refractivity contribution in [3.63, 3.8) is 0 Å². The van der Waals surface area contributed by atoms with Crippen molar-refractivity contribution < 1.29 is 19.4 Å². The summed E-state index contributed by atoms with van der Waals surface area (Å²) in [6, 6.07) is 4.79. The van der Waals surface area contributed by atoms with Gasteiger partial charge >= 0.3 is 5.97 Å². The number of carboxylic acids is 1. The van der Waals surface area contributed by atoms with E-state index in [1.165, 1.54) is 6.07 Å². The van der Waals surface area contributed by atoms with E-state index in [-0.39, 0.29) is 11.7 Å². The zero-order valence-corrected chi connectivity index (χ0v) is 9.55. The van der Waals surface area contributed by atoms with Gasteiger partial charge in [-0.15, -0.1) is 0 Å². The van der Waals surface area contributed by atoms with Crippen LogP contribution < -0.4 is 0 Å². The molecular formula is C12H12N2O4. The molecule has 0 saturated carbocycles. The van der Waals surface area contributed by atoms with Crippen LogP contribution >= 0.6 is 0 Å². The molecule has 0 spiro atoms. The zero-order valence-electron chi connectivity index (χ0n) is 9.55. The van der Waals surface area contributed by atoms with Gasteiger partial charge in [0.2, 0.25) is 0 Å². The lowest BCUT2D eigenvalue weighted by atomic mass is 10.2. The Balaban J connectivity index is 1.97. The molecule has 1 fully saturated rings. The van der Waals surface area contributed by atoms with Crippen LogP contribution in [0.1, 0.15) is 22.3 Å². The molecule has 6 nitrogen and oxygen atoms in total. The number of nitrogens with zero attached hydrogens (tertiary/aromatic N) is 1. The maximum atomic E-state index is 10.9. The molecule has 3 rings (SSSR count). The molecule has 94 valence electrons. The molecule has 1 atom stereocenters. The van der Waals surface area contributed by atoms with Crippen LogP contribution in [0.3, 0.4) is 0 Å². The average Bonchev–Trinajstić information content (AvgIpc) is 2.82. The molecule has 0 amide bonds. The number of carbonyl (C=O) groups is 1. The Hall–Kier alpha value is -1.92. The van der Waals surface area contributed by atoms with E-state index in [0.29, 0.717) is 31.2 Å². The van der Waals surface area contributed by atoms with Crippen molar-refractivity contribution in [2.24, 2.45) is 0 Å². The molecule has 0 bridgehead atoms. The summed E-state index contributed by atoms with van der Waals surface area (Å²) in [6.45, 7) is 1.60. The number of imidazole rings is 1. The number of H-pyrrole nitrogens is 1. The Labute approximate surface area is 103 Å². The maximum absolute atomic E-state index is 10.9. The predicted molar refractivity (Wildman–Crippen MR) is 62.6 cm³/mol. The second kappa shape index (κ2) is 4.40. The summed E-state index contributed by atoms with van der Waals surface area (Å²) >= 11 is 0. The molecule has 1 unspecified atom stereocenters. The van der Waals surface area contributed by atoms with Gasteiger partial charge in [0.1, 0.15) is 11.9 Å². The lowest BCUT2D eigenvalue weighted by molar-refractivity contribution is -0.0931. The quantitative estimate of drug-likeness (QED) is 0.838. The number of aromatic amines is 1. The van der Waals surface area contributed by atoms with Gasteiger partial charge in [-0.2, -0.15) is 0 Å². The first-order chi connectivity index (χ1) is 8.74. The highest BCUT2D eigenvalue weighted by Crippen LogP contribution is 2.22. The third-order valence-electron chi connectivity index (χ3n) is 2.87. The maximum Gasteiger partial charge on any atom is 0.335 e. The fourth-order valence-electron chi connectivity index (χ4n) is 1.96. The Bertz CT molecular complexity index is 587. The molecule has 18 heavy (non-hydrogen) atoms. The van der Waals surface area contributed by atoms with E-state index >= 15 is 0 Å². The average molecular weight is 248 g/mol. The lowest BCUT2D eigenvalue weighted by Gasteiger charge is -2.20. The third kappa shape index (κ3) is 1.96. The molecule has 1 aliphatic heterocycles. The van der Waals surface area contributed by atoms with E-state index < -0.39 is 5.97 Å². The number of nitrogens with one attached hydrogen (secondary N) is 1. The van der Waals surface area contributed by atoms with Gasteiger partial charge < -0.3 is 19.6 Å². The standard InChI is InChI=1S/C12H12N2O4/c15-12(16)7-1-2-8-9(5-7)14-11(13-8)10-6-17-3-4-18-10/h1-2,5,10H,3-4,6H2,(H,13,14)(H,15,16). The zero-order chi connectivity index (χ0) is 12.5. The van der Waals surface area contributed by atoms with E-state index in [2.05, 4.69) is 9.97 Å². The summed E-state index contributed by atoms with van der Waals surface area (Å²) in [5, 5.41) is 8.92. The van der Waals surface area contributed by atoms with Crippen LogP contribution in [0.4, 0.5) is 0 Å². The van der Waals surface area contributed by atoms with Crippen molar-refractivity contribution in [1.82, 2.24) is 9.97 Å². The van der Waals surface area contributed by atoms with Crippen LogP contribution in [0, 0.1) is 0 Å². The van der Waals surface area contributed by atoms with Gasteiger partial charge in [-0.25, -0.2) is 9.78 Å². The van der Waals surface area contributed by atoms with Crippen molar-refractivity contribution in [1.29, 1.82) is 0 Å². The molecule has 1 aromatic heterocycles. The second-order valence-corrected chi connectivity index (χ2v) is 4.09. The first-order valence-electron chi connectivity index (χ1n) is 5.66. The first kappa shape index (κ1) is 11.2. The smallest absolute Gasteiger partial charge is 0.335 e. The SMILES string of the molecule is O=C(O)c1ccc2nc(C3COCCO3)[nH]c2c1. The predicted octanol–water partition coefficient (Wildman–Crippen LogP) is 1.35. The highest BCUT2D eigenvalue weighted by atomic mass is 16.6. The van der Waals surface area contributed by atoms with Crippen LogP contribution in [-0.2, 0) is 9.47 Å². The number of hydrogen-bond acceptors (Lipinski definition) is 4. The summed E-state index contributed by atoms with van der Waals surface area (Å²) in [6.07, 6.45) is -0.209. The minimum absolute atomic E-state index is 0.209. The van der Waals surface area contributed by atoms with Crippen LogP contribution in [0.15, 0.2) is 18.2 Å². The summed E-state index contributed by atoms with van der Waals surface area (Å²) in [5.41, 5.74) is 1.65.